The van der Waals surface area contributed by atoms with Gasteiger partial charge >= 0.3 is 6.18 Å². The van der Waals surface area contributed by atoms with Gasteiger partial charge in [0.05, 0.1) is 16.5 Å². The van der Waals surface area contributed by atoms with Gasteiger partial charge in [-0.15, -0.1) is 0 Å². The largest absolute Gasteiger partial charge is 0.416 e. The summed E-state index contributed by atoms with van der Waals surface area (Å²) < 4.78 is 63.9. The van der Waals surface area contributed by atoms with Crippen molar-refractivity contribution < 1.29 is 21.6 Å². The van der Waals surface area contributed by atoms with Gasteiger partial charge in [0.15, 0.2) is 0 Å². The highest BCUT2D eigenvalue weighted by atomic mass is 32.2. The van der Waals surface area contributed by atoms with Crippen molar-refractivity contribution in [3.8, 4) is 0 Å². The fraction of sp³-hybridized carbons (Fsp3) is 0.417. The highest BCUT2D eigenvalue weighted by molar-refractivity contribution is 7.89. The number of rotatable bonds is 3. The molecule has 0 aromatic heterocycles. The van der Waals surface area contributed by atoms with Crippen molar-refractivity contribution in [1.29, 1.82) is 5.41 Å². The Morgan fingerprint density at radius 1 is 1.38 bits per heavy atom. The summed E-state index contributed by atoms with van der Waals surface area (Å²) in [5.74, 6) is -0.303. The molecule has 0 bridgehead atoms. The first kappa shape index (κ1) is 15.8. The molecule has 0 amide bonds. The van der Waals surface area contributed by atoms with Gasteiger partial charge in [-0.1, -0.05) is 6.07 Å². The van der Waals surface area contributed by atoms with Crippen molar-refractivity contribution in [2.24, 2.45) is 5.73 Å². The van der Waals surface area contributed by atoms with Crippen molar-refractivity contribution in [3.05, 3.63) is 29.8 Å². The minimum Gasteiger partial charge on any atom is -0.386 e. The van der Waals surface area contributed by atoms with Crippen LogP contribution in [-0.4, -0.2) is 31.1 Å². The summed E-state index contributed by atoms with van der Waals surface area (Å²) in [6, 6.07) is 2.79. The number of hydrogen-bond donors (Lipinski definition) is 2. The maximum Gasteiger partial charge on any atom is 0.416 e. The van der Waals surface area contributed by atoms with Crippen LogP contribution in [0.3, 0.4) is 0 Å². The van der Waals surface area contributed by atoms with Gasteiger partial charge in [-0.05, 0) is 31.0 Å². The lowest BCUT2D eigenvalue weighted by molar-refractivity contribution is -0.137. The van der Waals surface area contributed by atoms with E-state index < -0.39 is 32.7 Å². The van der Waals surface area contributed by atoms with E-state index in [0.717, 1.165) is 22.5 Å². The Kier molecular flexibility index (Phi) is 3.98. The topological polar surface area (TPSA) is 87.2 Å². The van der Waals surface area contributed by atoms with Crippen LogP contribution in [0.25, 0.3) is 0 Å². The van der Waals surface area contributed by atoms with E-state index >= 15 is 0 Å². The summed E-state index contributed by atoms with van der Waals surface area (Å²) in [5.41, 5.74) is 4.33. The van der Waals surface area contributed by atoms with E-state index in [9.17, 15) is 21.6 Å². The third-order valence-electron chi connectivity index (χ3n) is 3.33. The zero-order valence-electron chi connectivity index (χ0n) is 10.9. The van der Waals surface area contributed by atoms with E-state index in [4.69, 9.17) is 11.1 Å². The van der Waals surface area contributed by atoms with E-state index in [0.29, 0.717) is 18.9 Å². The van der Waals surface area contributed by atoms with Crippen LogP contribution < -0.4 is 5.73 Å². The van der Waals surface area contributed by atoms with Crippen LogP contribution >= 0.6 is 0 Å². The van der Waals surface area contributed by atoms with Crippen molar-refractivity contribution in [2.75, 3.05) is 6.54 Å². The Balaban J connectivity index is 2.43. The fourth-order valence-corrected chi connectivity index (χ4v) is 4.03. The molecule has 3 N–H and O–H groups in total. The van der Waals surface area contributed by atoms with Gasteiger partial charge in [-0.25, -0.2) is 8.42 Å². The fourth-order valence-electron chi connectivity index (χ4n) is 2.31. The number of nitrogens with one attached hydrogen (secondary N) is 1. The summed E-state index contributed by atoms with van der Waals surface area (Å²) in [5, 5.41) is 7.40. The number of sulfonamides is 1. The third kappa shape index (κ3) is 3.03. The normalized spacial score (nSPS) is 20.6. The third-order valence-corrected chi connectivity index (χ3v) is 5.23. The quantitative estimate of drug-likeness (QED) is 0.657. The molecular formula is C12H14F3N3O2S. The molecule has 1 aromatic rings. The van der Waals surface area contributed by atoms with Crippen LogP contribution in [0.2, 0.25) is 0 Å². The molecule has 0 saturated carbocycles. The second-order valence-corrected chi connectivity index (χ2v) is 6.65. The number of alkyl halides is 3. The number of benzene rings is 1. The van der Waals surface area contributed by atoms with Gasteiger partial charge in [0.25, 0.3) is 0 Å². The van der Waals surface area contributed by atoms with E-state index in [-0.39, 0.29) is 12.4 Å². The zero-order valence-corrected chi connectivity index (χ0v) is 11.7. The standard InChI is InChI=1S/C12H14F3N3O2S/c13-12(14,15)8-3-1-4-9(7-8)21(19,20)18-6-2-5-10(18)11(16)17/h1,3-4,7,10H,2,5-6H2,(H3,16,17). The zero-order chi connectivity index (χ0) is 15.8. The monoisotopic (exact) mass is 321 g/mol. The molecule has 0 spiro atoms. The van der Waals surface area contributed by atoms with E-state index in [1.165, 1.54) is 0 Å². The molecule has 116 valence electrons. The number of halogens is 3. The second kappa shape index (κ2) is 5.30. The molecule has 5 nitrogen and oxygen atoms in total. The molecule has 0 radical (unpaired) electrons. The Morgan fingerprint density at radius 3 is 2.62 bits per heavy atom. The van der Waals surface area contributed by atoms with Crippen molar-refractivity contribution in [1.82, 2.24) is 4.31 Å². The number of amidine groups is 1. The molecule has 2 rings (SSSR count). The van der Waals surface area contributed by atoms with Gasteiger partial charge in [0.2, 0.25) is 10.0 Å². The van der Waals surface area contributed by atoms with Crippen molar-refractivity contribution >= 4 is 15.9 Å². The van der Waals surface area contributed by atoms with Crippen LogP contribution in [0.5, 0.6) is 0 Å². The molecule has 1 fully saturated rings. The van der Waals surface area contributed by atoms with Gasteiger partial charge in [0, 0.05) is 6.54 Å². The van der Waals surface area contributed by atoms with Gasteiger partial charge in [-0.3, -0.25) is 5.41 Å². The SMILES string of the molecule is N=C(N)C1CCCN1S(=O)(=O)c1cccc(C(F)(F)F)c1. The first-order chi connectivity index (χ1) is 9.64. The Bertz CT molecular complexity index is 658. The summed E-state index contributed by atoms with van der Waals surface area (Å²) in [6.07, 6.45) is -3.70. The average molecular weight is 321 g/mol. The maximum atomic E-state index is 12.7. The summed E-state index contributed by atoms with van der Waals surface area (Å²) in [4.78, 5) is -0.439. The highest BCUT2D eigenvalue weighted by Gasteiger charge is 2.38. The van der Waals surface area contributed by atoms with Gasteiger partial charge in [-0.2, -0.15) is 17.5 Å². The minimum atomic E-state index is -4.61. The Labute approximate surface area is 120 Å². The van der Waals surface area contributed by atoms with Crippen molar-refractivity contribution in [3.63, 3.8) is 0 Å². The van der Waals surface area contributed by atoms with Crippen LogP contribution in [0, 0.1) is 5.41 Å². The van der Waals surface area contributed by atoms with Crippen LogP contribution in [0.1, 0.15) is 18.4 Å². The first-order valence-electron chi connectivity index (χ1n) is 6.17. The minimum absolute atomic E-state index is 0.142. The Morgan fingerprint density at radius 2 is 2.05 bits per heavy atom. The van der Waals surface area contributed by atoms with Crippen LogP contribution in [0.15, 0.2) is 29.2 Å². The summed E-state index contributed by atoms with van der Waals surface area (Å²) >= 11 is 0. The average Bonchev–Trinajstić information content (AvgIpc) is 2.88. The molecule has 9 heteroatoms. The summed E-state index contributed by atoms with van der Waals surface area (Å²) in [7, 11) is -4.10. The smallest absolute Gasteiger partial charge is 0.386 e. The van der Waals surface area contributed by atoms with Crippen LogP contribution in [-0.2, 0) is 16.2 Å². The summed E-state index contributed by atoms with van der Waals surface area (Å²) in [6.45, 7) is 0.142. The molecule has 1 unspecified atom stereocenters. The maximum absolute atomic E-state index is 12.7. The molecule has 1 saturated heterocycles. The van der Waals surface area contributed by atoms with Gasteiger partial charge < -0.3 is 5.73 Å². The predicted molar refractivity (Wildman–Crippen MR) is 70.3 cm³/mol. The number of nitrogens with two attached hydrogens (primary N) is 1. The van der Waals surface area contributed by atoms with E-state index in [1.54, 1.807) is 0 Å². The molecule has 1 aromatic carbocycles. The molecule has 1 atom stereocenters. The Hall–Kier alpha value is -1.61. The molecular weight excluding hydrogens is 307 g/mol. The molecule has 21 heavy (non-hydrogen) atoms. The lowest BCUT2D eigenvalue weighted by Gasteiger charge is -2.23. The van der Waals surface area contributed by atoms with Crippen molar-refractivity contribution in [2.45, 2.75) is 30.0 Å². The lowest BCUT2D eigenvalue weighted by Crippen LogP contribution is -2.43. The molecule has 1 aliphatic rings. The first-order valence-corrected chi connectivity index (χ1v) is 7.61. The number of hydrogen-bond acceptors (Lipinski definition) is 3. The van der Waals surface area contributed by atoms with Crippen LogP contribution in [0.4, 0.5) is 13.2 Å². The highest BCUT2D eigenvalue weighted by Crippen LogP contribution is 2.32. The lowest BCUT2D eigenvalue weighted by atomic mass is 10.2. The molecule has 1 aliphatic heterocycles. The predicted octanol–water partition coefficient (Wildman–Crippen LogP) is 1.79. The number of nitrogens with zero attached hydrogens (tertiary/aromatic N) is 1. The second-order valence-electron chi connectivity index (χ2n) is 4.75. The molecule has 0 aliphatic carbocycles. The molecule has 1 heterocycles. The van der Waals surface area contributed by atoms with E-state index in [1.807, 2.05) is 0 Å². The van der Waals surface area contributed by atoms with Gasteiger partial charge in [0.1, 0.15) is 5.84 Å². The van der Waals surface area contributed by atoms with E-state index in [2.05, 4.69) is 0 Å².